The van der Waals surface area contributed by atoms with E-state index in [9.17, 15) is 14.7 Å². The number of carboxylic acid groups (broad SMARTS) is 1. The fourth-order valence-corrected chi connectivity index (χ4v) is 2.63. The minimum Gasteiger partial charge on any atom is -0.507 e. The summed E-state index contributed by atoms with van der Waals surface area (Å²) in [7, 11) is 0. The van der Waals surface area contributed by atoms with E-state index in [1.54, 1.807) is 12.1 Å². The maximum Gasteiger partial charge on any atom is 0.429 e. The van der Waals surface area contributed by atoms with Gasteiger partial charge in [0, 0.05) is 0 Å². The van der Waals surface area contributed by atoms with E-state index in [1.165, 1.54) is 12.5 Å². The van der Waals surface area contributed by atoms with Gasteiger partial charge in [0.1, 0.15) is 5.75 Å². The molecule has 0 aromatic heterocycles. The molecule has 1 saturated carbocycles. The smallest absolute Gasteiger partial charge is 0.429 e. The number of imide groups is 1. The first-order chi connectivity index (χ1) is 9.50. The second-order valence-corrected chi connectivity index (χ2v) is 5.07. The number of carbonyl (C=O) groups excluding carboxylic acids is 1. The number of nitrogens with two attached hydrogens (primary N) is 1. The van der Waals surface area contributed by atoms with E-state index < -0.39 is 12.0 Å². The number of hydrogen-bond acceptors (Lipinski definition) is 4. The molecule has 108 valence electrons. The lowest BCUT2D eigenvalue weighted by molar-refractivity contribution is 0.0739. The Hall–Kier alpha value is -2.08. The summed E-state index contributed by atoms with van der Waals surface area (Å²) in [4.78, 5) is 22.6. The predicted molar refractivity (Wildman–Crippen MR) is 72.3 cm³/mol. The topological polar surface area (TPSA) is 104 Å². The highest BCUT2D eigenvalue weighted by Gasteiger charge is 2.24. The van der Waals surface area contributed by atoms with E-state index in [2.05, 4.69) is 0 Å². The van der Waals surface area contributed by atoms with Gasteiger partial charge in [-0.1, -0.05) is 25.3 Å². The van der Waals surface area contributed by atoms with Gasteiger partial charge in [-0.25, -0.2) is 10.6 Å². The van der Waals surface area contributed by atoms with Gasteiger partial charge < -0.3 is 10.2 Å². The SMILES string of the molecule is NN(C(=O)O)C(=O)c1cc(C2CCCCC2)ccc1O. The molecular formula is C14H18N2O4. The zero-order valence-electron chi connectivity index (χ0n) is 11.1. The van der Waals surface area contributed by atoms with Crippen molar-refractivity contribution in [3.63, 3.8) is 0 Å². The maximum absolute atomic E-state index is 11.9. The number of hydrazine groups is 1. The lowest BCUT2D eigenvalue weighted by atomic mass is 9.83. The van der Waals surface area contributed by atoms with E-state index in [4.69, 9.17) is 10.9 Å². The van der Waals surface area contributed by atoms with Crippen molar-refractivity contribution in [3.8, 4) is 5.75 Å². The molecule has 0 unspecified atom stereocenters. The van der Waals surface area contributed by atoms with Crippen LogP contribution in [0.2, 0.25) is 0 Å². The van der Waals surface area contributed by atoms with Gasteiger partial charge in [0.15, 0.2) is 0 Å². The minimum absolute atomic E-state index is 0.0713. The third kappa shape index (κ3) is 2.91. The first-order valence-corrected chi connectivity index (χ1v) is 6.65. The molecule has 2 rings (SSSR count). The van der Waals surface area contributed by atoms with Crippen LogP contribution in [0.15, 0.2) is 18.2 Å². The molecular weight excluding hydrogens is 260 g/mol. The molecule has 0 bridgehead atoms. The summed E-state index contributed by atoms with van der Waals surface area (Å²) in [5.41, 5.74) is 0.877. The van der Waals surface area contributed by atoms with E-state index in [0.717, 1.165) is 31.2 Å². The van der Waals surface area contributed by atoms with Crippen LogP contribution in [0.1, 0.15) is 53.9 Å². The number of phenolic OH excluding ortho intramolecular Hbond substituents is 1. The lowest BCUT2D eigenvalue weighted by Gasteiger charge is -2.22. The van der Waals surface area contributed by atoms with Crippen molar-refractivity contribution in [1.82, 2.24) is 5.01 Å². The number of hydrogen-bond donors (Lipinski definition) is 3. The zero-order valence-corrected chi connectivity index (χ0v) is 11.1. The average Bonchev–Trinajstić information content (AvgIpc) is 2.47. The van der Waals surface area contributed by atoms with Crippen LogP contribution in [0.5, 0.6) is 5.75 Å². The molecule has 0 radical (unpaired) electrons. The summed E-state index contributed by atoms with van der Waals surface area (Å²) in [6.45, 7) is 0. The predicted octanol–water partition coefficient (Wildman–Crippen LogP) is 2.43. The van der Waals surface area contributed by atoms with E-state index in [1.807, 2.05) is 0 Å². The molecule has 2 amide bonds. The molecule has 20 heavy (non-hydrogen) atoms. The second kappa shape index (κ2) is 5.92. The normalized spacial score (nSPS) is 15.8. The highest BCUT2D eigenvalue weighted by atomic mass is 16.4. The number of aromatic hydroxyl groups is 1. The Bertz CT molecular complexity index is 524. The number of amides is 2. The Morgan fingerprint density at radius 2 is 1.85 bits per heavy atom. The van der Waals surface area contributed by atoms with E-state index in [0.29, 0.717) is 5.92 Å². The Morgan fingerprint density at radius 1 is 1.20 bits per heavy atom. The summed E-state index contributed by atoms with van der Waals surface area (Å²) in [6.07, 6.45) is 4.04. The Balaban J connectivity index is 2.28. The van der Waals surface area contributed by atoms with Crippen LogP contribution in [-0.4, -0.2) is 27.2 Å². The fourth-order valence-electron chi connectivity index (χ4n) is 2.63. The minimum atomic E-state index is -1.56. The Kier molecular flexibility index (Phi) is 4.24. The van der Waals surface area contributed by atoms with Crippen LogP contribution in [0.3, 0.4) is 0 Å². The Labute approximate surface area is 116 Å². The van der Waals surface area contributed by atoms with Gasteiger partial charge in [0.2, 0.25) is 0 Å². The number of nitrogens with zero attached hydrogens (tertiary/aromatic N) is 1. The lowest BCUT2D eigenvalue weighted by Crippen LogP contribution is -2.41. The van der Waals surface area contributed by atoms with Crippen molar-refractivity contribution in [2.75, 3.05) is 0 Å². The summed E-state index contributed by atoms with van der Waals surface area (Å²) in [5, 5.41) is 18.5. The van der Waals surface area contributed by atoms with Gasteiger partial charge in [0.05, 0.1) is 5.56 Å². The molecule has 1 aliphatic rings. The van der Waals surface area contributed by atoms with Gasteiger partial charge in [0.25, 0.3) is 5.91 Å². The second-order valence-electron chi connectivity index (χ2n) is 5.07. The average molecular weight is 278 g/mol. The maximum atomic E-state index is 11.9. The summed E-state index contributed by atoms with van der Waals surface area (Å²) >= 11 is 0. The van der Waals surface area contributed by atoms with E-state index in [-0.39, 0.29) is 16.3 Å². The largest absolute Gasteiger partial charge is 0.507 e. The molecule has 0 aliphatic heterocycles. The zero-order chi connectivity index (χ0) is 14.7. The molecule has 6 nitrogen and oxygen atoms in total. The monoisotopic (exact) mass is 278 g/mol. The first-order valence-electron chi connectivity index (χ1n) is 6.65. The molecule has 1 aliphatic carbocycles. The van der Waals surface area contributed by atoms with Crippen LogP contribution in [0.25, 0.3) is 0 Å². The standard InChI is InChI=1S/C14H18N2O4/c15-16(14(19)20)13(18)11-8-10(6-7-12(11)17)9-4-2-1-3-5-9/h6-9,17H,1-5,15H2,(H,19,20). The van der Waals surface area contributed by atoms with Crippen molar-refractivity contribution in [3.05, 3.63) is 29.3 Å². The molecule has 1 aromatic carbocycles. The number of benzene rings is 1. The van der Waals surface area contributed by atoms with Gasteiger partial charge in [-0.05, 0) is 36.5 Å². The highest BCUT2D eigenvalue weighted by molar-refractivity contribution is 6.03. The van der Waals surface area contributed by atoms with Crippen molar-refractivity contribution in [2.45, 2.75) is 38.0 Å². The van der Waals surface area contributed by atoms with Crippen molar-refractivity contribution < 1.29 is 19.8 Å². The Morgan fingerprint density at radius 3 is 2.45 bits per heavy atom. The molecule has 1 fully saturated rings. The molecule has 1 aromatic rings. The molecule has 0 spiro atoms. The third-order valence-electron chi connectivity index (χ3n) is 3.75. The number of phenols is 1. The van der Waals surface area contributed by atoms with Crippen molar-refractivity contribution in [2.24, 2.45) is 5.84 Å². The van der Waals surface area contributed by atoms with Gasteiger partial charge >= 0.3 is 6.09 Å². The van der Waals surface area contributed by atoms with Crippen LogP contribution in [0, 0.1) is 0 Å². The molecule has 0 saturated heterocycles. The van der Waals surface area contributed by atoms with Crippen LogP contribution in [-0.2, 0) is 0 Å². The summed E-state index contributed by atoms with van der Waals surface area (Å²) < 4.78 is 0. The molecule has 0 atom stereocenters. The highest BCUT2D eigenvalue weighted by Crippen LogP contribution is 2.34. The van der Waals surface area contributed by atoms with Crippen LogP contribution in [0.4, 0.5) is 4.79 Å². The molecule has 6 heteroatoms. The molecule has 4 N–H and O–H groups in total. The van der Waals surface area contributed by atoms with Crippen molar-refractivity contribution in [1.29, 1.82) is 0 Å². The van der Waals surface area contributed by atoms with Gasteiger partial charge in [-0.15, -0.1) is 0 Å². The number of rotatable bonds is 2. The van der Waals surface area contributed by atoms with Gasteiger partial charge in [-0.2, -0.15) is 5.01 Å². The quantitative estimate of drug-likeness (QED) is 0.438. The van der Waals surface area contributed by atoms with Gasteiger partial charge in [-0.3, -0.25) is 4.79 Å². The van der Waals surface area contributed by atoms with E-state index >= 15 is 0 Å². The molecule has 0 heterocycles. The van der Waals surface area contributed by atoms with Crippen molar-refractivity contribution >= 4 is 12.0 Å². The fraction of sp³-hybridized carbons (Fsp3) is 0.429. The van der Waals surface area contributed by atoms with Crippen LogP contribution >= 0.6 is 0 Å². The summed E-state index contributed by atoms with van der Waals surface area (Å²) in [6, 6.07) is 4.76. The first kappa shape index (κ1) is 14.3. The third-order valence-corrected chi connectivity index (χ3v) is 3.75. The van der Waals surface area contributed by atoms with Crippen LogP contribution < -0.4 is 5.84 Å². The number of carbonyl (C=O) groups is 2. The summed E-state index contributed by atoms with van der Waals surface area (Å²) in [5.74, 6) is 4.33.